The van der Waals surface area contributed by atoms with Crippen LogP contribution in [-0.2, 0) is 12.8 Å². The van der Waals surface area contributed by atoms with Crippen molar-refractivity contribution in [1.82, 2.24) is 0 Å². The van der Waals surface area contributed by atoms with Gasteiger partial charge in [0.25, 0.3) is 0 Å². The number of hydrogen-bond acceptors (Lipinski definition) is 2. The number of rotatable bonds is 7. The molecule has 96 valence electrons. The largest absolute Gasteiger partial charge is 0.494 e. The van der Waals surface area contributed by atoms with Crippen LogP contribution in [-0.4, -0.2) is 12.4 Å². The maximum atomic E-state index is 5.67. The van der Waals surface area contributed by atoms with Crippen LogP contribution in [0, 0.1) is 5.92 Å². The predicted octanol–water partition coefficient (Wildman–Crippen LogP) is 4.15. The monoisotopic (exact) mass is 252 g/mol. The van der Waals surface area contributed by atoms with Crippen molar-refractivity contribution in [1.29, 1.82) is 0 Å². The minimum absolute atomic E-state index is 0.631. The molecule has 17 heavy (non-hydrogen) atoms. The molecule has 0 saturated heterocycles. The van der Waals surface area contributed by atoms with Crippen molar-refractivity contribution in [2.45, 2.75) is 40.0 Å². The molecule has 0 N–H and O–H groups in total. The Morgan fingerprint density at radius 2 is 2.00 bits per heavy atom. The van der Waals surface area contributed by atoms with E-state index in [1.165, 1.54) is 11.1 Å². The average Bonchev–Trinajstić information content (AvgIpc) is 2.37. The molecule has 1 rings (SSSR count). The van der Waals surface area contributed by atoms with Crippen molar-refractivity contribution in [3.05, 3.63) is 29.3 Å². The summed E-state index contributed by atoms with van der Waals surface area (Å²) in [7, 11) is 0. The molecule has 0 aliphatic carbocycles. The van der Waals surface area contributed by atoms with Crippen LogP contribution in [0.2, 0.25) is 0 Å². The molecular weight excluding hydrogens is 228 g/mol. The highest BCUT2D eigenvalue weighted by molar-refractivity contribution is 7.80. The molecule has 1 nitrogen and oxygen atoms in total. The molecule has 1 atom stereocenters. The van der Waals surface area contributed by atoms with Gasteiger partial charge in [-0.05, 0) is 54.2 Å². The van der Waals surface area contributed by atoms with E-state index in [1.54, 1.807) is 0 Å². The Bertz CT molecular complexity index is 336. The summed E-state index contributed by atoms with van der Waals surface area (Å²) in [5.41, 5.74) is 2.85. The highest BCUT2D eigenvalue weighted by Gasteiger charge is 2.07. The van der Waals surface area contributed by atoms with E-state index in [0.717, 1.165) is 37.4 Å². The topological polar surface area (TPSA) is 9.23 Å². The Morgan fingerprint density at radius 3 is 2.59 bits per heavy atom. The van der Waals surface area contributed by atoms with Crippen LogP contribution < -0.4 is 4.74 Å². The van der Waals surface area contributed by atoms with Gasteiger partial charge >= 0.3 is 0 Å². The second-order valence-electron chi connectivity index (χ2n) is 4.62. The van der Waals surface area contributed by atoms with E-state index < -0.39 is 0 Å². The van der Waals surface area contributed by atoms with Crippen LogP contribution in [0.5, 0.6) is 5.75 Å². The summed E-state index contributed by atoms with van der Waals surface area (Å²) in [6, 6.07) is 6.50. The Kier molecular flexibility index (Phi) is 6.49. The third-order valence-electron chi connectivity index (χ3n) is 2.91. The summed E-state index contributed by atoms with van der Waals surface area (Å²) in [4.78, 5) is 0. The molecule has 0 aliphatic rings. The van der Waals surface area contributed by atoms with Gasteiger partial charge in [-0.15, -0.1) is 0 Å². The molecule has 0 aromatic heterocycles. The molecule has 1 aromatic rings. The fraction of sp³-hybridized carbons (Fsp3) is 0.600. The van der Waals surface area contributed by atoms with Crippen molar-refractivity contribution in [3.63, 3.8) is 0 Å². The second kappa shape index (κ2) is 7.65. The molecule has 0 saturated carbocycles. The summed E-state index contributed by atoms with van der Waals surface area (Å²) in [6.07, 6.45) is 3.23. The molecule has 0 spiro atoms. The van der Waals surface area contributed by atoms with E-state index in [1.807, 2.05) is 0 Å². The summed E-state index contributed by atoms with van der Waals surface area (Å²) in [6.45, 7) is 7.38. The lowest BCUT2D eigenvalue weighted by atomic mass is 9.96. The SMILES string of the molecule is CCCOc1ccc(CC(C)CS)c(CC)c1. The van der Waals surface area contributed by atoms with Crippen LogP contribution in [0.3, 0.4) is 0 Å². The van der Waals surface area contributed by atoms with Crippen LogP contribution in [0.4, 0.5) is 0 Å². The van der Waals surface area contributed by atoms with Gasteiger partial charge in [0.15, 0.2) is 0 Å². The molecule has 0 aliphatic heterocycles. The van der Waals surface area contributed by atoms with Gasteiger partial charge in [-0.25, -0.2) is 0 Å². The summed E-state index contributed by atoms with van der Waals surface area (Å²) >= 11 is 4.35. The highest BCUT2D eigenvalue weighted by atomic mass is 32.1. The van der Waals surface area contributed by atoms with Gasteiger partial charge in [-0.1, -0.05) is 26.8 Å². The average molecular weight is 252 g/mol. The van der Waals surface area contributed by atoms with E-state index in [9.17, 15) is 0 Å². The highest BCUT2D eigenvalue weighted by Crippen LogP contribution is 2.21. The van der Waals surface area contributed by atoms with E-state index >= 15 is 0 Å². The lowest BCUT2D eigenvalue weighted by Gasteiger charge is -2.14. The van der Waals surface area contributed by atoms with E-state index in [-0.39, 0.29) is 0 Å². The lowest BCUT2D eigenvalue weighted by Crippen LogP contribution is -2.04. The third kappa shape index (κ3) is 4.63. The standard InChI is InChI=1S/C15H24OS/c1-4-8-16-15-7-6-14(9-12(3)11-17)13(5-2)10-15/h6-7,10,12,17H,4-5,8-9,11H2,1-3H3. The molecule has 1 unspecified atom stereocenters. The number of aryl methyl sites for hydroxylation is 1. The first-order valence-electron chi connectivity index (χ1n) is 6.56. The maximum Gasteiger partial charge on any atom is 0.119 e. The van der Waals surface area contributed by atoms with Crippen molar-refractivity contribution < 1.29 is 4.74 Å². The minimum atomic E-state index is 0.631. The van der Waals surface area contributed by atoms with E-state index in [4.69, 9.17) is 4.74 Å². The first-order chi connectivity index (χ1) is 8.21. The smallest absolute Gasteiger partial charge is 0.119 e. The summed E-state index contributed by atoms with van der Waals surface area (Å²) < 4.78 is 5.67. The maximum absolute atomic E-state index is 5.67. The number of hydrogen-bond donors (Lipinski definition) is 1. The molecule has 1 aromatic carbocycles. The first-order valence-corrected chi connectivity index (χ1v) is 7.19. The van der Waals surface area contributed by atoms with Crippen LogP contribution >= 0.6 is 12.6 Å². The lowest BCUT2D eigenvalue weighted by molar-refractivity contribution is 0.317. The quantitative estimate of drug-likeness (QED) is 0.717. The van der Waals surface area contributed by atoms with Gasteiger partial charge in [0.2, 0.25) is 0 Å². The molecule has 0 bridgehead atoms. The number of ether oxygens (including phenoxy) is 1. The zero-order valence-electron chi connectivity index (χ0n) is 11.2. The molecule has 0 amide bonds. The summed E-state index contributed by atoms with van der Waals surface area (Å²) in [5.74, 6) is 2.58. The van der Waals surface area contributed by atoms with Gasteiger partial charge < -0.3 is 4.74 Å². The molecule has 0 heterocycles. The molecular formula is C15H24OS. The Labute approximate surface area is 111 Å². The van der Waals surface area contributed by atoms with Crippen LogP contribution in [0.1, 0.15) is 38.3 Å². The van der Waals surface area contributed by atoms with Gasteiger partial charge in [0.05, 0.1) is 6.61 Å². The Balaban J connectivity index is 2.77. The van der Waals surface area contributed by atoms with Crippen molar-refractivity contribution >= 4 is 12.6 Å². The van der Waals surface area contributed by atoms with Gasteiger partial charge in [-0.2, -0.15) is 12.6 Å². The van der Waals surface area contributed by atoms with Gasteiger partial charge in [-0.3, -0.25) is 0 Å². The molecule has 0 radical (unpaired) electrons. The predicted molar refractivity (Wildman–Crippen MR) is 78.3 cm³/mol. The van der Waals surface area contributed by atoms with Crippen LogP contribution in [0.25, 0.3) is 0 Å². The number of thiol groups is 1. The normalized spacial score (nSPS) is 12.5. The zero-order chi connectivity index (χ0) is 12.7. The van der Waals surface area contributed by atoms with Crippen molar-refractivity contribution in [2.75, 3.05) is 12.4 Å². The third-order valence-corrected chi connectivity index (χ3v) is 3.53. The van der Waals surface area contributed by atoms with E-state index in [2.05, 4.69) is 51.6 Å². The summed E-state index contributed by atoms with van der Waals surface area (Å²) in [5, 5.41) is 0. The van der Waals surface area contributed by atoms with Crippen LogP contribution in [0.15, 0.2) is 18.2 Å². The molecule has 2 heteroatoms. The molecule has 0 fully saturated rings. The van der Waals surface area contributed by atoms with Gasteiger partial charge in [0.1, 0.15) is 5.75 Å². The Hall–Kier alpha value is -0.630. The fourth-order valence-corrected chi connectivity index (χ4v) is 2.01. The number of benzene rings is 1. The minimum Gasteiger partial charge on any atom is -0.494 e. The van der Waals surface area contributed by atoms with Gasteiger partial charge in [0, 0.05) is 0 Å². The van der Waals surface area contributed by atoms with E-state index in [0.29, 0.717) is 5.92 Å². The second-order valence-corrected chi connectivity index (χ2v) is 4.99. The van der Waals surface area contributed by atoms with Crippen molar-refractivity contribution in [2.24, 2.45) is 5.92 Å². The Morgan fingerprint density at radius 1 is 1.24 bits per heavy atom. The van der Waals surface area contributed by atoms with Crippen molar-refractivity contribution in [3.8, 4) is 5.75 Å². The zero-order valence-corrected chi connectivity index (χ0v) is 12.1. The first kappa shape index (κ1) is 14.4. The fourth-order valence-electron chi connectivity index (χ4n) is 1.88.